The molecule has 0 aliphatic rings. The van der Waals surface area contributed by atoms with Gasteiger partial charge in [0, 0.05) is 10.6 Å². The molecule has 0 radical (unpaired) electrons. The van der Waals surface area contributed by atoms with Crippen molar-refractivity contribution in [1.29, 1.82) is 0 Å². The number of aromatic hydroxyl groups is 2. The molecule has 0 fully saturated rings. The topological polar surface area (TPSA) is 94.8 Å². The minimum atomic E-state index is -5.11. The molecule has 1 atom stereocenters. The molecule has 3 rings (SSSR count). The fraction of sp³-hybridized carbons (Fsp3) is 0.0526. The normalized spacial score (nSPS) is 13.8. The largest absolute Gasteiger partial charge is 0.508 e. The van der Waals surface area contributed by atoms with E-state index < -0.39 is 26.2 Å². The molecule has 0 saturated heterocycles. The van der Waals surface area contributed by atoms with Crippen LogP contribution in [0.2, 0.25) is 20.1 Å². The highest BCUT2D eigenvalue weighted by Gasteiger charge is 2.52. The zero-order valence-corrected chi connectivity index (χ0v) is 18.1. The van der Waals surface area contributed by atoms with Gasteiger partial charge in [0.2, 0.25) is 0 Å². The Bertz CT molecular complexity index is 1170. The maximum atomic E-state index is 13.0. The summed E-state index contributed by atoms with van der Waals surface area (Å²) in [5.41, 5.74) is -0.601. The van der Waals surface area contributed by atoms with E-state index in [0.29, 0.717) is 5.02 Å². The Kier molecular flexibility index (Phi) is 5.98. The number of hydrogen-bond acceptors (Lipinski definition) is 4. The van der Waals surface area contributed by atoms with Crippen molar-refractivity contribution in [3.05, 3.63) is 91.4 Å². The quantitative estimate of drug-likeness (QED) is 0.239. The first kappa shape index (κ1) is 22.0. The van der Waals surface area contributed by atoms with Crippen molar-refractivity contribution in [3.63, 3.8) is 0 Å². The smallest absolute Gasteiger partial charge is 0.283 e. The van der Waals surface area contributed by atoms with Gasteiger partial charge in [-0.15, -0.1) is 0 Å². The van der Waals surface area contributed by atoms with Crippen LogP contribution < -0.4 is 0 Å². The van der Waals surface area contributed by atoms with Gasteiger partial charge in [0.1, 0.15) is 11.5 Å². The summed E-state index contributed by atoms with van der Waals surface area (Å²) in [7, 11) is -5.11. The Balaban J connectivity index is 2.64. The first-order valence-electron chi connectivity index (χ1n) is 7.89. The van der Waals surface area contributed by atoms with Gasteiger partial charge < -0.3 is 10.2 Å². The molecule has 1 unspecified atom stereocenters. The van der Waals surface area contributed by atoms with Crippen LogP contribution in [0, 0.1) is 0 Å². The third kappa shape index (κ3) is 3.65. The van der Waals surface area contributed by atoms with Gasteiger partial charge in [-0.2, -0.15) is 8.42 Å². The van der Waals surface area contributed by atoms with E-state index >= 15 is 0 Å². The second-order valence-electron chi connectivity index (χ2n) is 6.09. The van der Waals surface area contributed by atoms with Crippen LogP contribution in [0.4, 0.5) is 0 Å². The first-order valence-corrected chi connectivity index (χ1v) is 10.8. The molecule has 0 heterocycles. The molecule has 3 N–H and O–H groups in total. The van der Waals surface area contributed by atoms with Crippen molar-refractivity contribution in [1.82, 2.24) is 0 Å². The van der Waals surface area contributed by atoms with Gasteiger partial charge in [-0.25, -0.2) is 0 Å². The number of phenols is 2. The van der Waals surface area contributed by atoms with Crippen LogP contribution in [-0.2, 0) is 14.9 Å². The minimum Gasteiger partial charge on any atom is -0.508 e. The second-order valence-corrected chi connectivity index (χ2v) is 9.28. The lowest BCUT2D eigenvalue weighted by atomic mass is 9.83. The molecule has 29 heavy (non-hydrogen) atoms. The Hall–Kier alpha value is -1.67. The van der Waals surface area contributed by atoms with E-state index in [1.807, 2.05) is 0 Å². The fourth-order valence-electron chi connectivity index (χ4n) is 3.20. The van der Waals surface area contributed by atoms with Crippen molar-refractivity contribution in [2.75, 3.05) is 0 Å². The lowest BCUT2D eigenvalue weighted by molar-refractivity contribution is 0.439. The average Bonchev–Trinajstić information content (AvgIpc) is 2.63. The molecule has 3 aromatic rings. The van der Waals surface area contributed by atoms with Crippen molar-refractivity contribution in [3.8, 4) is 11.5 Å². The van der Waals surface area contributed by atoms with Gasteiger partial charge in [-0.3, -0.25) is 4.55 Å². The third-order valence-corrected chi connectivity index (χ3v) is 7.16. The predicted molar refractivity (Wildman–Crippen MR) is 114 cm³/mol. The molecule has 152 valence electrons. The molecule has 0 aliphatic heterocycles. The van der Waals surface area contributed by atoms with Crippen LogP contribution in [0.1, 0.15) is 16.7 Å². The van der Waals surface area contributed by atoms with Crippen LogP contribution in [0.5, 0.6) is 11.5 Å². The molecule has 10 heteroatoms. The highest BCUT2D eigenvalue weighted by molar-refractivity contribution is 7.87. The molecule has 0 amide bonds. The van der Waals surface area contributed by atoms with E-state index in [1.165, 1.54) is 42.5 Å². The maximum absolute atomic E-state index is 13.0. The minimum absolute atomic E-state index is 0.0227. The highest BCUT2D eigenvalue weighted by Crippen LogP contribution is 2.53. The maximum Gasteiger partial charge on any atom is 0.283 e. The molecular weight excluding hydrogens is 482 g/mol. The van der Waals surface area contributed by atoms with Crippen LogP contribution in [0.25, 0.3) is 0 Å². The number of rotatable bonds is 4. The molecule has 5 nitrogen and oxygen atoms in total. The summed E-state index contributed by atoms with van der Waals surface area (Å²) in [5, 5.41) is 20.2. The number of halogens is 4. The SMILES string of the molecule is O=S(=O)(O)C(c1ccc(Cl)cc1)(c1cccc(O)c1)c1c(O)c(Cl)cc(Cl)c1Cl. The van der Waals surface area contributed by atoms with E-state index in [4.69, 9.17) is 46.4 Å². The monoisotopic (exact) mass is 492 g/mol. The van der Waals surface area contributed by atoms with E-state index in [1.54, 1.807) is 0 Å². The molecule has 0 spiro atoms. The van der Waals surface area contributed by atoms with Gasteiger partial charge in [0.25, 0.3) is 10.1 Å². The molecule has 0 aromatic heterocycles. The number of hydrogen-bond donors (Lipinski definition) is 3. The van der Waals surface area contributed by atoms with Gasteiger partial charge in [0.15, 0.2) is 4.75 Å². The molecular formula is C19H12Cl4O5S. The highest BCUT2D eigenvalue weighted by atomic mass is 35.5. The fourth-order valence-corrected chi connectivity index (χ4v) is 5.45. The summed E-state index contributed by atoms with van der Waals surface area (Å²) in [6.45, 7) is 0. The average molecular weight is 494 g/mol. The first-order chi connectivity index (χ1) is 13.5. The summed E-state index contributed by atoms with van der Waals surface area (Å²) >= 11 is 24.4. The lowest BCUT2D eigenvalue weighted by Crippen LogP contribution is -2.38. The third-order valence-electron chi connectivity index (χ3n) is 4.39. The standard InChI is InChI=1S/C19H12Cl4O5S/c20-12-6-4-10(5-7-12)19(29(26,27)28,11-2-1-3-13(24)8-11)16-17(23)14(21)9-15(22)18(16)25/h1-9,24-25H,(H,26,27,28). The van der Waals surface area contributed by atoms with Crippen LogP contribution >= 0.6 is 46.4 Å². The summed E-state index contributed by atoms with van der Waals surface area (Å²) in [6, 6.07) is 11.8. The van der Waals surface area contributed by atoms with Crippen LogP contribution in [0.3, 0.4) is 0 Å². The Morgan fingerprint density at radius 3 is 1.97 bits per heavy atom. The molecule has 3 aromatic carbocycles. The summed E-state index contributed by atoms with van der Waals surface area (Å²) < 4.78 is 33.9. The second kappa shape index (κ2) is 7.87. The van der Waals surface area contributed by atoms with Gasteiger partial charge in [-0.1, -0.05) is 70.7 Å². The Morgan fingerprint density at radius 2 is 1.41 bits per heavy atom. The Morgan fingerprint density at radius 1 is 0.793 bits per heavy atom. The van der Waals surface area contributed by atoms with Crippen molar-refractivity contribution in [2.45, 2.75) is 4.75 Å². The van der Waals surface area contributed by atoms with E-state index in [-0.39, 0.29) is 31.9 Å². The van der Waals surface area contributed by atoms with Crippen LogP contribution in [0.15, 0.2) is 54.6 Å². The number of benzene rings is 3. The Labute approximate surface area is 186 Å². The van der Waals surface area contributed by atoms with Crippen molar-refractivity contribution < 1.29 is 23.2 Å². The summed E-state index contributed by atoms with van der Waals surface area (Å²) in [6.07, 6.45) is 0. The van der Waals surface area contributed by atoms with Crippen LogP contribution in [-0.4, -0.2) is 23.2 Å². The van der Waals surface area contributed by atoms with Crippen molar-refractivity contribution in [2.24, 2.45) is 0 Å². The molecule has 0 bridgehead atoms. The van der Waals surface area contributed by atoms with Crippen molar-refractivity contribution >= 4 is 56.5 Å². The van der Waals surface area contributed by atoms with E-state index in [9.17, 15) is 23.2 Å². The zero-order valence-electron chi connectivity index (χ0n) is 14.3. The van der Waals surface area contributed by atoms with Gasteiger partial charge in [0.05, 0.1) is 15.1 Å². The van der Waals surface area contributed by atoms with E-state index in [2.05, 4.69) is 0 Å². The van der Waals surface area contributed by atoms with E-state index in [0.717, 1.165) is 12.1 Å². The zero-order chi connectivity index (χ0) is 21.6. The summed E-state index contributed by atoms with van der Waals surface area (Å²) in [4.78, 5) is 0. The lowest BCUT2D eigenvalue weighted by Gasteiger charge is -2.34. The van der Waals surface area contributed by atoms with Gasteiger partial charge >= 0.3 is 0 Å². The molecule has 0 aliphatic carbocycles. The number of phenolic OH excluding ortho intramolecular Hbond substituents is 2. The molecule has 0 saturated carbocycles. The van der Waals surface area contributed by atoms with Gasteiger partial charge in [-0.05, 0) is 41.5 Å². The summed E-state index contributed by atoms with van der Waals surface area (Å²) in [5.74, 6) is -0.981. The predicted octanol–water partition coefficient (Wildman–Crippen LogP) is 5.89.